The van der Waals surface area contributed by atoms with Gasteiger partial charge in [0.2, 0.25) is 0 Å². The number of hydrogen-bond acceptors (Lipinski definition) is 8. The molecule has 2 aliphatic rings. The minimum Gasteiger partial charge on any atom is -0.486 e. The van der Waals surface area contributed by atoms with Crippen LogP contribution in [0.5, 0.6) is 23.0 Å². The molecule has 0 unspecified atom stereocenters. The van der Waals surface area contributed by atoms with Crippen molar-refractivity contribution in [3.63, 3.8) is 0 Å². The summed E-state index contributed by atoms with van der Waals surface area (Å²) >= 11 is 11.6. The Morgan fingerprint density at radius 3 is 1.32 bits per heavy atom. The predicted molar refractivity (Wildman–Crippen MR) is 255 cm³/mol. The fraction of sp³-hybridized carbons (Fsp3) is 0.333. The van der Waals surface area contributed by atoms with Gasteiger partial charge in [-0.3, -0.25) is 0 Å². The van der Waals surface area contributed by atoms with Crippen LogP contribution < -0.4 is 28.7 Å². The van der Waals surface area contributed by atoms with E-state index in [1.54, 1.807) is 22.7 Å². The van der Waals surface area contributed by atoms with Crippen molar-refractivity contribution < 1.29 is 18.9 Å². The maximum Gasteiger partial charge on any atom is 0.166 e. The third kappa shape index (κ3) is 6.85. The summed E-state index contributed by atoms with van der Waals surface area (Å²) in [7, 11) is 0. The third-order valence-electron chi connectivity index (χ3n) is 11.9. The standard InChI is InChI=1S/C51H53ClN2O4S2/c1-28-20-37(53(46-29(2)22-41-48(31(46)4)57-18-16-55-41)39-26-59-43-14-12-33(24-35(39)43)50(6,7)8)45(52)38(21-28)54(47-30(3)23-42-49(32(47)5)58-19-17-56-42)40-27-60-44-15-13-34(25-36(40)44)51(9,10)11/h12-15,20-27H,16-19H2,1-11H3. The van der Waals surface area contributed by atoms with Gasteiger partial charge >= 0.3 is 0 Å². The molecule has 0 saturated heterocycles. The van der Waals surface area contributed by atoms with Crippen LogP contribution in [0.4, 0.5) is 34.1 Å². The average Bonchev–Trinajstić information content (AvgIpc) is 3.82. The molecule has 0 saturated carbocycles. The average molecular weight is 858 g/mol. The lowest BCUT2D eigenvalue weighted by Gasteiger charge is -2.35. The predicted octanol–water partition coefficient (Wildman–Crippen LogP) is 15.4. The SMILES string of the molecule is Cc1cc(N(c2c(C)cc3c(c2C)OCCO3)c2csc3ccc(C(C)(C)C)cc23)c(Cl)c(N(c2c(C)cc3c(c2C)OCCO3)c2csc3ccc(C(C)(C)C)cc23)c1. The summed E-state index contributed by atoms with van der Waals surface area (Å²) in [5.74, 6) is 3.09. The Morgan fingerprint density at radius 2 is 0.917 bits per heavy atom. The summed E-state index contributed by atoms with van der Waals surface area (Å²) in [5, 5.41) is 7.53. The van der Waals surface area contributed by atoms with Crippen molar-refractivity contribution in [1.82, 2.24) is 0 Å². The highest BCUT2D eigenvalue weighted by molar-refractivity contribution is 7.18. The molecule has 0 N–H and O–H groups in total. The van der Waals surface area contributed by atoms with E-state index in [0.29, 0.717) is 31.5 Å². The molecule has 5 aromatic carbocycles. The van der Waals surface area contributed by atoms with Crippen molar-refractivity contribution in [3.8, 4) is 23.0 Å². The number of ether oxygens (including phenoxy) is 4. The summed E-state index contributed by atoms with van der Waals surface area (Å²) < 4.78 is 27.5. The molecule has 9 rings (SSSR count). The lowest BCUT2D eigenvalue weighted by molar-refractivity contribution is 0.170. The van der Waals surface area contributed by atoms with Gasteiger partial charge in [0, 0.05) is 42.1 Å². The Balaban J connectivity index is 1.36. The molecule has 2 aliphatic heterocycles. The van der Waals surface area contributed by atoms with Gasteiger partial charge in [-0.1, -0.05) is 65.3 Å². The number of rotatable bonds is 6. The number of hydrogen-bond donors (Lipinski definition) is 0. The van der Waals surface area contributed by atoms with E-state index in [-0.39, 0.29) is 10.8 Å². The van der Waals surface area contributed by atoms with E-state index in [0.717, 1.165) is 84.9 Å². The quantitative estimate of drug-likeness (QED) is 0.166. The molecule has 0 radical (unpaired) electrons. The molecule has 7 aromatic rings. The van der Waals surface area contributed by atoms with Crippen molar-refractivity contribution in [1.29, 1.82) is 0 Å². The fourth-order valence-electron chi connectivity index (χ4n) is 8.80. The Bertz CT molecular complexity index is 2650. The van der Waals surface area contributed by atoms with Crippen molar-refractivity contribution in [2.45, 2.75) is 87.0 Å². The zero-order chi connectivity index (χ0) is 42.4. The zero-order valence-electron chi connectivity index (χ0n) is 36.5. The van der Waals surface area contributed by atoms with Crippen molar-refractivity contribution >= 4 is 88.6 Å². The highest BCUT2D eigenvalue weighted by atomic mass is 35.5. The second kappa shape index (κ2) is 14.9. The van der Waals surface area contributed by atoms with Crippen molar-refractivity contribution in [2.75, 3.05) is 36.2 Å². The summed E-state index contributed by atoms with van der Waals surface area (Å²) in [6.45, 7) is 26.4. The summed E-state index contributed by atoms with van der Waals surface area (Å²) in [6, 6.07) is 22.4. The molecule has 4 heterocycles. The van der Waals surface area contributed by atoms with E-state index in [1.165, 1.54) is 31.3 Å². The van der Waals surface area contributed by atoms with E-state index in [2.05, 4.69) is 157 Å². The van der Waals surface area contributed by atoms with Crippen LogP contribution in [0, 0.1) is 34.6 Å². The van der Waals surface area contributed by atoms with Crippen LogP contribution in [0.3, 0.4) is 0 Å². The first-order chi connectivity index (χ1) is 28.5. The van der Waals surface area contributed by atoms with Gasteiger partial charge in [-0.05, 0) is 122 Å². The number of nitrogens with zero attached hydrogens (tertiary/aromatic N) is 2. The minimum absolute atomic E-state index is 0.0365. The molecule has 2 aromatic heterocycles. The van der Waals surface area contributed by atoms with Crippen LogP contribution in [-0.4, -0.2) is 26.4 Å². The van der Waals surface area contributed by atoms with Gasteiger partial charge in [0.1, 0.15) is 26.4 Å². The summed E-state index contributed by atoms with van der Waals surface area (Å²) in [5.41, 5.74) is 13.6. The Hall–Kier alpha value is -4.89. The first-order valence-corrected chi connectivity index (χ1v) is 22.9. The second-order valence-corrected chi connectivity index (χ2v) is 20.5. The molecular weight excluding hydrogens is 804 g/mol. The van der Waals surface area contributed by atoms with E-state index in [1.807, 2.05) is 0 Å². The van der Waals surface area contributed by atoms with Crippen LogP contribution in [0.25, 0.3) is 20.2 Å². The lowest BCUT2D eigenvalue weighted by Crippen LogP contribution is -2.21. The summed E-state index contributed by atoms with van der Waals surface area (Å²) in [4.78, 5) is 4.75. The minimum atomic E-state index is -0.0365. The van der Waals surface area contributed by atoms with Crippen LogP contribution in [0.15, 0.2) is 71.4 Å². The number of thiophene rings is 2. The monoisotopic (exact) mass is 856 g/mol. The molecular formula is C51H53ClN2O4S2. The highest BCUT2D eigenvalue weighted by Crippen LogP contribution is 2.56. The molecule has 0 spiro atoms. The third-order valence-corrected chi connectivity index (χ3v) is 14.2. The van der Waals surface area contributed by atoms with Gasteiger partial charge in [0.15, 0.2) is 23.0 Å². The van der Waals surface area contributed by atoms with E-state index in [9.17, 15) is 0 Å². The molecule has 0 fully saturated rings. The molecule has 60 heavy (non-hydrogen) atoms. The van der Waals surface area contributed by atoms with E-state index in [4.69, 9.17) is 30.5 Å². The number of benzene rings is 5. The maximum absolute atomic E-state index is 8.12. The second-order valence-electron chi connectivity index (χ2n) is 18.3. The van der Waals surface area contributed by atoms with Gasteiger partial charge in [-0.15, -0.1) is 22.7 Å². The van der Waals surface area contributed by atoms with Gasteiger partial charge in [-0.25, -0.2) is 0 Å². The Labute approximate surface area is 367 Å². The maximum atomic E-state index is 8.12. The van der Waals surface area contributed by atoms with E-state index >= 15 is 0 Å². The summed E-state index contributed by atoms with van der Waals surface area (Å²) in [6.07, 6.45) is 0. The molecule has 0 atom stereocenters. The molecule has 9 heteroatoms. The van der Waals surface area contributed by atoms with Gasteiger partial charge in [0.25, 0.3) is 0 Å². The first-order valence-electron chi connectivity index (χ1n) is 20.7. The van der Waals surface area contributed by atoms with Crippen LogP contribution in [0.1, 0.15) is 80.5 Å². The molecule has 6 nitrogen and oxygen atoms in total. The topological polar surface area (TPSA) is 43.4 Å². The number of aryl methyl sites for hydroxylation is 3. The largest absolute Gasteiger partial charge is 0.486 e. The number of fused-ring (bicyclic) bond motifs is 4. The first kappa shape index (κ1) is 40.5. The van der Waals surface area contributed by atoms with Crippen LogP contribution >= 0.6 is 34.3 Å². The van der Waals surface area contributed by atoms with Gasteiger partial charge in [0.05, 0.1) is 39.1 Å². The number of halogens is 1. The normalized spacial score (nSPS) is 13.9. The molecule has 0 aliphatic carbocycles. The van der Waals surface area contributed by atoms with Crippen molar-refractivity contribution in [3.05, 3.63) is 115 Å². The molecule has 310 valence electrons. The van der Waals surface area contributed by atoms with Gasteiger partial charge < -0.3 is 28.7 Å². The molecule has 0 bridgehead atoms. The molecule has 0 amide bonds. The fourth-order valence-corrected chi connectivity index (χ4v) is 10.9. The van der Waals surface area contributed by atoms with Crippen LogP contribution in [0.2, 0.25) is 5.02 Å². The highest BCUT2D eigenvalue weighted by Gasteiger charge is 2.33. The lowest BCUT2D eigenvalue weighted by atomic mass is 9.86. The van der Waals surface area contributed by atoms with Crippen molar-refractivity contribution in [2.24, 2.45) is 0 Å². The smallest absolute Gasteiger partial charge is 0.166 e. The van der Waals surface area contributed by atoms with Gasteiger partial charge in [-0.2, -0.15) is 0 Å². The Kier molecular flexibility index (Phi) is 10.1. The zero-order valence-corrected chi connectivity index (χ0v) is 38.9. The number of anilines is 6. The Morgan fingerprint density at radius 1 is 0.517 bits per heavy atom. The van der Waals surface area contributed by atoms with E-state index < -0.39 is 0 Å². The van der Waals surface area contributed by atoms with Crippen LogP contribution in [-0.2, 0) is 10.8 Å².